The average Bonchev–Trinajstić information content (AvgIpc) is 2.42. The lowest BCUT2D eigenvalue weighted by atomic mass is 10.0. The molecule has 1 rings (SSSR count). The van der Waals surface area contributed by atoms with Crippen molar-refractivity contribution >= 4 is 22.6 Å². The number of hydrogen-bond acceptors (Lipinski definition) is 4. The molecule has 4 nitrogen and oxygen atoms in total. The number of rotatable bonds is 8. The van der Waals surface area contributed by atoms with Gasteiger partial charge in [0.05, 0.1) is 24.4 Å². The normalized spacial score (nSPS) is 12.6. The van der Waals surface area contributed by atoms with Gasteiger partial charge >= 0.3 is 0 Å². The molecule has 0 spiro atoms. The fourth-order valence-electron chi connectivity index (χ4n) is 2.13. The number of ether oxygens (including phenoxy) is 2. The first kappa shape index (κ1) is 17.5. The molecule has 0 fully saturated rings. The molecule has 1 atom stereocenters. The predicted octanol–water partition coefficient (Wildman–Crippen LogP) is 2.81. The third-order valence-corrected chi connectivity index (χ3v) is 3.87. The van der Waals surface area contributed by atoms with Crippen molar-refractivity contribution in [3.05, 3.63) is 21.3 Å². The summed E-state index contributed by atoms with van der Waals surface area (Å²) < 4.78 is 11.7. The molecule has 0 amide bonds. The zero-order valence-corrected chi connectivity index (χ0v) is 14.7. The Bertz CT molecular complexity index is 424. The summed E-state index contributed by atoms with van der Waals surface area (Å²) in [4.78, 5) is 0. The molecule has 0 aromatic heterocycles. The van der Waals surface area contributed by atoms with Crippen molar-refractivity contribution in [3.8, 4) is 11.5 Å². The maximum atomic E-state index is 9.38. The first-order chi connectivity index (χ1) is 9.51. The van der Waals surface area contributed by atoms with Crippen molar-refractivity contribution in [3.63, 3.8) is 0 Å². The lowest BCUT2D eigenvalue weighted by Crippen LogP contribution is -2.33. The van der Waals surface area contributed by atoms with Crippen molar-refractivity contribution in [2.75, 3.05) is 20.8 Å². The van der Waals surface area contributed by atoms with Crippen LogP contribution >= 0.6 is 22.6 Å². The second kappa shape index (κ2) is 8.69. The van der Waals surface area contributed by atoms with Gasteiger partial charge in [-0.25, -0.2) is 0 Å². The van der Waals surface area contributed by atoms with E-state index >= 15 is 0 Å². The molecule has 0 radical (unpaired) electrons. The molecule has 0 aliphatic rings. The highest BCUT2D eigenvalue weighted by molar-refractivity contribution is 14.1. The fraction of sp³-hybridized carbons (Fsp3) is 0.600. The van der Waals surface area contributed by atoms with Gasteiger partial charge in [-0.15, -0.1) is 0 Å². The largest absolute Gasteiger partial charge is 0.493 e. The van der Waals surface area contributed by atoms with Gasteiger partial charge < -0.3 is 19.9 Å². The maximum Gasteiger partial charge on any atom is 0.174 e. The highest BCUT2D eigenvalue weighted by Crippen LogP contribution is 2.33. The molecule has 114 valence electrons. The zero-order valence-electron chi connectivity index (χ0n) is 12.6. The molecule has 2 N–H and O–H groups in total. The van der Waals surface area contributed by atoms with Crippen molar-refractivity contribution in [2.24, 2.45) is 5.92 Å². The Balaban J connectivity index is 2.75. The summed E-state index contributed by atoms with van der Waals surface area (Å²) in [5, 5.41) is 12.8. The van der Waals surface area contributed by atoms with Crippen molar-refractivity contribution in [1.82, 2.24) is 5.32 Å². The number of aliphatic hydroxyl groups excluding tert-OH is 1. The molecule has 1 aromatic carbocycles. The van der Waals surface area contributed by atoms with Crippen LogP contribution in [0.2, 0.25) is 0 Å². The van der Waals surface area contributed by atoms with Crippen LogP contribution in [0.5, 0.6) is 11.5 Å². The van der Waals surface area contributed by atoms with Gasteiger partial charge in [-0.1, -0.05) is 13.8 Å². The van der Waals surface area contributed by atoms with Gasteiger partial charge in [0.2, 0.25) is 0 Å². The molecule has 0 saturated carbocycles. The van der Waals surface area contributed by atoms with E-state index in [-0.39, 0.29) is 12.6 Å². The van der Waals surface area contributed by atoms with Gasteiger partial charge in [0.25, 0.3) is 0 Å². The summed E-state index contributed by atoms with van der Waals surface area (Å²) >= 11 is 2.24. The lowest BCUT2D eigenvalue weighted by molar-refractivity contribution is 0.223. The molecular weight excluding hydrogens is 369 g/mol. The number of halogens is 1. The van der Waals surface area contributed by atoms with Gasteiger partial charge in [0.1, 0.15) is 0 Å². The first-order valence-corrected chi connectivity index (χ1v) is 7.84. The average molecular weight is 393 g/mol. The molecular formula is C15H24INO3. The number of benzene rings is 1. The second-order valence-electron chi connectivity index (χ2n) is 5.20. The Hall–Kier alpha value is -0.530. The van der Waals surface area contributed by atoms with Gasteiger partial charge in [0.15, 0.2) is 11.5 Å². The molecule has 0 heterocycles. The molecule has 0 aliphatic heterocycles. The summed E-state index contributed by atoms with van der Waals surface area (Å²) in [7, 11) is 3.28. The van der Waals surface area contributed by atoms with Crippen LogP contribution in [0.4, 0.5) is 0 Å². The van der Waals surface area contributed by atoms with Crippen LogP contribution in [0.3, 0.4) is 0 Å². The topological polar surface area (TPSA) is 50.7 Å². The number of hydrogen-bond donors (Lipinski definition) is 2. The highest BCUT2D eigenvalue weighted by Gasteiger charge is 2.13. The minimum absolute atomic E-state index is 0.126. The smallest absolute Gasteiger partial charge is 0.174 e. The molecule has 0 bridgehead atoms. The van der Waals surface area contributed by atoms with E-state index in [1.165, 1.54) is 0 Å². The first-order valence-electron chi connectivity index (χ1n) is 6.76. The third-order valence-electron chi connectivity index (χ3n) is 3.06. The quantitative estimate of drug-likeness (QED) is 0.667. The SMILES string of the molecule is COc1cc(CNC(CO)CC(C)C)cc(I)c1OC. The van der Waals surface area contributed by atoms with Crippen LogP contribution in [0.1, 0.15) is 25.8 Å². The molecule has 5 heteroatoms. The number of aliphatic hydroxyl groups is 1. The second-order valence-corrected chi connectivity index (χ2v) is 6.37. The highest BCUT2D eigenvalue weighted by atomic mass is 127. The van der Waals surface area contributed by atoms with Crippen molar-refractivity contribution in [1.29, 1.82) is 0 Å². The van der Waals surface area contributed by atoms with Gasteiger partial charge in [-0.2, -0.15) is 0 Å². The van der Waals surface area contributed by atoms with Crippen LogP contribution in [0.25, 0.3) is 0 Å². The van der Waals surface area contributed by atoms with Crippen LogP contribution < -0.4 is 14.8 Å². The van der Waals surface area contributed by atoms with E-state index < -0.39 is 0 Å². The van der Waals surface area contributed by atoms with E-state index in [1.54, 1.807) is 14.2 Å². The van der Waals surface area contributed by atoms with Crippen molar-refractivity contribution in [2.45, 2.75) is 32.9 Å². The fourth-order valence-corrected chi connectivity index (χ4v) is 3.01. The van der Waals surface area contributed by atoms with Crippen LogP contribution in [0.15, 0.2) is 12.1 Å². The summed E-state index contributed by atoms with van der Waals surface area (Å²) in [6, 6.07) is 4.16. The molecule has 0 aliphatic carbocycles. The van der Waals surface area contributed by atoms with Crippen LogP contribution in [-0.2, 0) is 6.54 Å². The molecule has 1 unspecified atom stereocenters. The third kappa shape index (κ3) is 5.10. The maximum absolute atomic E-state index is 9.38. The summed E-state index contributed by atoms with van der Waals surface area (Å²) in [6.07, 6.45) is 0.959. The predicted molar refractivity (Wildman–Crippen MR) is 89.4 cm³/mol. The summed E-state index contributed by atoms with van der Waals surface area (Å²) in [5.41, 5.74) is 1.12. The van der Waals surface area contributed by atoms with Crippen molar-refractivity contribution < 1.29 is 14.6 Å². The Morgan fingerprint density at radius 2 is 1.95 bits per heavy atom. The minimum atomic E-state index is 0.126. The Morgan fingerprint density at radius 1 is 1.25 bits per heavy atom. The van der Waals surface area contributed by atoms with E-state index in [0.29, 0.717) is 12.5 Å². The van der Waals surface area contributed by atoms with Gasteiger partial charge in [-0.05, 0) is 52.6 Å². The molecule has 0 saturated heterocycles. The van der Waals surface area contributed by atoms with Crippen LogP contribution in [-0.4, -0.2) is 32.0 Å². The van der Waals surface area contributed by atoms with Crippen LogP contribution in [0, 0.1) is 9.49 Å². The van der Waals surface area contributed by atoms with E-state index in [0.717, 1.165) is 27.1 Å². The molecule has 20 heavy (non-hydrogen) atoms. The van der Waals surface area contributed by atoms with E-state index in [9.17, 15) is 5.11 Å². The number of nitrogens with one attached hydrogen (secondary N) is 1. The molecule has 1 aromatic rings. The van der Waals surface area contributed by atoms with E-state index in [2.05, 4.69) is 47.8 Å². The summed E-state index contributed by atoms with van der Waals surface area (Å²) in [5.74, 6) is 2.06. The Labute approximate surface area is 135 Å². The minimum Gasteiger partial charge on any atom is -0.493 e. The zero-order chi connectivity index (χ0) is 15.1. The van der Waals surface area contributed by atoms with Gasteiger partial charge in [0, 0.05) is 12.6 Å². The van der Waals surface area contributed by atoms with E-state index in [4.69, 9.17) is 9.47 Å². The summed E-state index contributed by atoms with van der Waals surface area (Å²) in [6.45, 7) is 5.17. The van der Waals surface area contributed by atoms with Gasteiger partial charge in [-0.3, -0.25) is 0 Å². The standard InChI is InChI=1S/C15H24INO3/c1-10(2)5-12(9-18)17-8-11-6-13(16)15(20-4)14(7-11)19-3/h6-7,10,12,17-18H,5,8-9H2,1-4H3. The Kier molecular flexibility index (Phi) is 7.61. The Morgan fingerprint density at radius 3 is 2.45 bits per heavy atom. The monoisotopic (exact) mass is 393 g/mol. The van der Waals surface area contributed by atoms with E-state index in [1.807, 2.05) is 6.07 Å². The lowest BCUT2D eigenvalue weighted by Gasteiger charge is -2.19. The number of methoxy groups -OCH3 is 2.